The molecule has 1 N–H and O–H groups in total. The highest BCUT2D eigenvalue weighted by Crippen LogP contribution is 2.34. The molecule has 0 radical (unpaired) electrons. The molecule has 0 saturated heterocycles. The van der Waals surface area contributed by atoms with Gasteiger partial charge in [-0.3, -0.25) is 4.79 Å². The highest BCUT2D eigenvalue weighted by atomic mass is 32.2. The summed E-state index contributed by atoms with van der Waals surface area (Å²) in [4.78, 5) is 21.9. The first-order valence-corrected chi connectivity index (χ1v) is 11.3. The SMILES string of the molecule is O=C(CSc1nc2ccccc2[nH]1)N1N=C(c2cccs2)C[C@H]1c1ccc(F)cc1. The largest absolute Gasteiger partial charge is 0.333 e. The van der Waals surface area contributed by atoms with Crippen LogP contribution in [0.5, 0.6) is 0 Å². The Morgan fingerprint density at radius 2 is 2.00 bits per heavy atom. The van der Waals surface area contributed by atoms with Gasteiger partial charge in [-0.1, -0.05) is 42.1 Å². The number of fused-ring (bicyclic) bond motifs is 1. The molecule has 8 heteroatoms. The summed E-state index contributed by atoms with van der Waals surface area (Å²) in [6.07, 6.45) is 0.604. The number of benzene rings is 2. The third kappa shape index (κ3) is 3.76. The first-order chi connectivity index (χ1) is 14.7. The quantitative estimate of drug-likeness (QED) is 0.436. The Hall–Kier alpha value is -2.97. The number of hydrogen-bond donors (Lipinski definition) is 1. The van der Waals surface area contributed by atoms with E-state index in [2.05, 4.69) is 15.1 Å². The van der Waals surface area contributed by atoms with Gasteiger partial charge >= 0.3 is 0 Å². The lowest BCUT2D eigenvalue weighted by Crippen LogP contribution is -2.28. The van der Waals surface area contributed by atoms with Crippen LogP contribution in [0, 0.1) is 5.82 Å². The Balaban J connectivity index is 1.37. The molecule has 0 saturated carbocycles. The van der Waals surface area contributed by atoms with Gasteiger partial charge in [0.1, 0.15) is 5.82 Å². The van der Waals surface area contributed by atoms with Crippen LogP contribution in [0.4, 0.5) is 4.39 Å². The summed E-state index contributed by atoms with van der Waals surface area (Å²) in [5.41, 5.74) is 3.56. The number of H-pyrrole nitrogens is 1. The smallest absolute Gasteiger partial charge is 0.253 e. The number of thiophene rings is 1. The van der Waals surface area contributed by atoms with Gasteiger partial charge in [0.25, 0.3) is 5.91 Å². The molecule has 0 unspecified atom stereocenters. The van der Waals surface area contributed by atoms with E-state index in [1.54, 1.807) is 23.5 Å². The van der Waals surface area contributed by atoms with E-state index < -0.39 is 0 Å². The second-order valence-electron chi connectivity index (χ2n) is 6.88. The molecule has 30 heavy (non-hydrogen) atoms. The van der Waals surface area contributed by atoms with Crippen LogP contribution in [-0.4, -0.2) is 32.3 Å². The maximum atomic E-state index is 13.4. The Kier molecular flexibility index (Phi) is 5.10. The maximum Gasteiger partial charge on any atom is 0.253 e. The minimum absolute atomic E-state index is 0.110. The first-order valence-electron chi connectivity index (χ1n) is 9.44. The third-order valence-corrected chi connectivity index (χ3v) is 6.70. The second-order valence-corrected chi connectivity index (χ2v) is 8.79. The number of carbonyl (C=O) groups is 1. The predicted molar refractivity (Wildman–Crippen MR) is 118 cm³/mol. The molecule has 4 aromatic rings. The molecule has 1 amide bonds. The van der Waals surface area contributed by atoms with Crippen molar-refractivity contribution in [3.63, 3.8) is 0 Å². The fourth-order valence-corrected chi connectivity index (χ4v) is 4.93. The summed E-state index contributed by atoms with van der Waals surface area (Å²) in [7, 11) is 0. The van der Waals surface area contributed by atoms with E-state index in [0.29, 0.717) is 11.6 Å². The highest BCUT2D eigenvalue weighted by molar-refractivity contribution is 7.99. The van der Waals surface area contributed by atoms with E-state index in [4.69, 9.17) is 0 Å². The van der Waals surface area contributed by atoms with Crippen molar-refractivity contribution in [2.45, 2.75) is 17.6 Å². The first kappa shape index (κ1) is 19.0. The van der Waals surface area contributed by atoms with Crippen LogP contribution < -0.4 is 0 Å². The summed E-state index contributed by atoms with van der Waals surface area (Å²) in [5.74, 6) is -0.200. The number of nitrogens with zero attached hydrogens (tertiary/aromatic N) is 3. The summed E-state index contributed by atoms with van der Waals surface area (Å²) < 4.78 is 13.4. The molecule has 1 aliphatic rings. The molecule has 0 bridgehead atoms. The topological polar surface area (TPSA) is 61.4 Å². The van der Waals surface area contributed by atoms with Crippen molar-refractivity contribution in [1.82, 2.24) is 15.0 Å². The fourth-order valence-electron chi connectivity index (χ4n) is 3.47. The molecular weight excluding hydrogens is 419 g/mol. The molecule has 2 aromatic heterocycles. The van der Waals surface area contributed by atoms with Gasteiger partial charge in [0.05, 0.1) is 33.4 Å². The summed E-state index contributed by atoms with van der Waals surface area (Å²) >= 11 is 2.95. The van der Waals surface area contributed by atoms with Gasteiger partial charge in [-0.2, -0.15) is 5.10 Å². The molecule has 1 aliphatic heterocycles. The van der Waals surface area contributed by atoms with Crippen molar-refractivity contribution in [2.75, 3.05) is 5.75 Å². The van der Waals surface area contributed by atoms with Crippen molar-refractivity contribution in [2.24, 2.45) is 5.10 Å². The number of halogens is 1. The molecular formula is C22H17FN4OS2. The number of aromatic nitrogens is 2. The lowest BCUT2D eigenvalue weighted by molar-refractivity contribution is -0.130. The molecule has 0 aliphatic carbocycles. The minimum atomic E-state index is -0.297. The molecule has 1 atom stereocenters. The zero-order valence-corrected chi connectivity index (χ0v) is 17.4. The van der Waals surface area contributed by atoms with Crippen LogP contribution in [0.2, 0.25) is 0 Å². The van der Waals surface area contributed by atoms with Crippen LogP contribution in [0.1, 0.15) is 22.9 Å². The lowest BCUT2D eigenvalue weighted by atomic mass is 10.0. The Morgan fingerprint density at radius 3 is 2.77 bits per heavy atom. The summed E-state index contributed by atoms with van der Waals surface area (Å²) in [6, 6.07) is 17.8. The van der Waals surface area contributed by atoms with Gasteiger partial charge in [-0.15, -0.1) is 11.3 Å². The summed E-state index contributed by atoms with van der Waals surface area (Å²) in [6.45, 7) is 0. The Labute approximate surface area is 180 Å². The normalized spacial score (nSPS) is 16.2. The number of amides is 1. The molecule has 0 fully saturated rings. The van der Waals surface area contributed by atoms with E-state index in [0.717, 1.165) is 27.2 Å². The van der Waals surface area contributed by atoms with Gasteiger partial charge in [-0.25, -0.2) is 14.4 Å². The molecule has 5 rings (SSSR count). The number of para-hydroxylation sites is 2. The van der Waals surface area contributed by atoms with Crippen molar-refractivity contribution in [1.29, 1.82) is 0 Å². The minimum Gasteiger partial charge on any atom is -0.333 e. The van der Waals surface area contributed by atoms with Crippen LogP contribution in [-0.2, 0) is 4.79 Å². The molecule has 2 aromatic carbocycles. The number of hydrazone groups is 1. The number of thioether (sulfide) groups is 1. The number of rotatable bonds is 5. The highest BCUT2D eigenvalue weighted by Gasteiger charge is 2.33. The molecule has 150 valence electrons. The van der Waals surface area contributed by atoms with Gasteiger partial charge in [0.2, 0.25) is 0 Å². The summed E-state index contributed by atoms with van der Waals surface area (Å²) in [5, 5.41) is 8.87. The Morgan fingerprint density at radius 1 is 1.17 bits per heavy atom. The lowest BCUT2D eigenvalue weighted by Gasteiger charge is -2.21. The van der Waals surface area contributed by atoms with E-state index in [9.17, 15) is 9.18 Å². The number of carbonyl (C=O) groups excluding carboxylic acids is 1. The average Bonchev–Trinajstić information content (AvgIpc) is 3.51. The van der Waals surface area contributed by atoms with Crippen molar-refractivity contribution in [3.05, 3.63) is 82.3 Å². The number of imidazole rings is 1. The fraction of sp³-hybridized carbons (Fsp3) is 0.136. The van der Waals surface area contributed by atoms with E-state index in [1.807, 2.05) is 41.8 Å². The van der Waals surface area contributed by atoms with E-state index in [-0.39, 0.29) is 23.5 Å². The van der Waals surface area contributed by atoms with Gasteiger partial charge in [-0.05, 0) is 41.3 Å². The van der Waals surface area contributed by atoms with Crippen LogP contribution in [0.3, 0.4) is 0 Å². The molecule has 5 nitrogen and oxygen atoms in total. The third-order valence-electron chi connectivity index (χ3n) is 4.93. The predicted octanol–water partition coefficient (Wildman–Crippen LogP) is 5.23. The van der Waals surface area contributed by atoms with Gasteiger partial charge < -0.3 is 4.98 Å². The number of hydrogen-bond acceptors (Lipinski definition) is 5. The number of aromatic amines is 1. The zero-order chi connectivity index (χ0) is 20.5. The van der Waals surface area contributed by atoms with Gasteiger partial charge in [0.15, 0.2) is 5.16 Å². The van der Waals surface area contributed by atoms with E-state index >= 15 is 0 Å². The molecule has 3 heterocycles. The van der Waals surface area contributed by atoms with Crippen LogP contribution >= 0.6 is 23.1 Å². The average molecular weight is 437 g/mol. The van der Waals surface area contributed by atoms with E-state index in [1.165, 1.54) is 28.9 Å². The Bertz CT molecular complexity index is 1180. The number of nitrogens with one attached hydrogen (secondary N) is 1. The zero-order valence-electron chi connectivity index (χ0n) is 15.8. The van der Waals surface area contributed by atoms with Crippen molar-refractivity contribution >= 4 is 45.8 Å². The molecule has 0 spiro atoms. The van der Waals surface area contributed by atoms with Crippen molar-refractivity contribution in [3.8, 4) is 0 Å². The standard InChI is InChI=1S/C22H17FN4OS2/c23-15-9-7-14(8-10-15)19-12-18(20-6-3-11-29-20)26-27(19)21(28)13-30-22-24-16-4-1-2-5-17(16)25-22/h1-11,19H,12-13H2,(H,24,25)/t19-/m0/s1. The second kappa shape index (κ2) is 8.04. The monoisotopic (exact) mass is 436 g/mol. The maximum absolute atomic E-state index is 13.4. The van der Waals surface area contributed by atoms with Crippen molar-refractivity contribution < 1.29 is 9.18 Å². The van der Waals surface area contributed by atoms with Gasteiger partial charge in [0, 0.05) is 6.42 Å². The van der Waals surface area contributed by atoms with Crippen LogP contribution in [0.15, 0.2) is 76.3 Å². The van der Waals surface area contributed by atoms with Crippen LogP contribution in [0.25, 0.3) is 11.0 Å².